The van der Waals surface area contributed by atoms with Gasteiger partial charge in [0.05, 0.1) is 19.5 Å². The highest BCUT2D eigenvalue weighted by Crippen LogP contribution is 2.60. The van der Waals surface area contributed by atoms with Crippen LogP contribution in [0.5, 0.6) is 0 Å². The molecule has 0 aromatic carbocycles. The number of phosphoric acid groups is 2. The number of anilines is 1. The monoisotopic (exact) mass is 541 g/mol. The smallest absolute Gasteiger partial charge is 0.387 e. The number of rotatable bonds is 0. The molecule has 0 radical (unpaired) electrons. The summed E-state index contributed by atoms with van der Waals surface area (Å²) in [5.74, 6) is 0.0676. The van der Waals surface area contributed by atoms with Crippen molar-refractivity contribution >= 4 is 32.6 Å². The lowest BCUT2D eigenvalue weighted by Crippen LogP contribution is -2.37. The second-order valence-corrected chi connectivity index (χ2v) is 11.0. The fourth-order valence-corrected chi connectivity index (χ4v) is 5.98. The summed E-state index contributed by atoms with van der Waals surface area (Å²) >= 11 is 0. The normalized spacial score (nSPS) is 44.7. The number of ether oxygens (including phenoxy) is 2. The van der Waals surface area contributed by atoms with Crippen molar-refractivity contribution in [1.29, 1.82) is 0 Å². The summed E-state index contributed by atoms with van der Waals surface area (Å²) in [7, 11) is -10.5. The third kappa shape index (κ3) is 4.74. The average molecular weight is 541 g/mol. The number of hydrogen-bond acceptors (Lipinski definition) is 15. The van der Waals surface area contributed by atoms with Crippen molar-refractivity contribution in [3.63, 3.8) is 0 Å². The van der Waals surface area contributed by atoms with Gasteiger partial charge in [0, 0.05) is 0 Å². The molecular formula is C15H21N5O13P2. The van der Waals surface area contributed by atoms with E-state index >= 15 is 0 Å². The summed E-state index contributed by atoms with van der Waals surface area (Å²) in [6.45, 7) is -1.65. The Bertz CT molecular complexity index is 1200. The van der Waals surface area contributed by atoms with E-state index < -0.39 is 77.9 Å². The van der Waals surface area contributed by atoms with Crippen LogP contribution in [0.25, 0.3) is 11.2 Å². The van der Waals surface area contributed by atoms with Gasteiger partial charge < -0.3 is 45.0 Å². The fraction of sp³-hybridized carbons (Fsp3) is 0.667. The highest BCUT2D eigenvalue weighted by Gasteiger charge is 2.48. The Labute approximate surface area is 195 Å². The van der Waals surface area contributed by atoms with Gasteiger partial charge in [0.15, 0.2) is 29.4 Å². The van der Waals surface area contributed by atoms with Gasteiger partial charge in [-0.15, -0.1) is 0 Å². The number of fused-ring (bicyclic) bond motifs is 5. The molecule has 194 valence electrons. The molecule has 5 rings (SSSR count). The summed E-state index contributed by atoms with van der Waals surface area (Å²) in [6, 6.07) is 0. The predicted molar refractivity (Wildman–Crippen MR) is 108 cm³/mol. The first-order chi connectivity index (χ1) is 16.5. The molecule has 2 aromatic heterocycles. The van der Waals surface area contributed by atoms with Gasteiger partial charge in [-0.1, -0.05) is 0 Å². The number of nitrogens with zero attached hydrogens (tertiary/aromatic N) is 4. The summed E-state index contributed by atoms with van der Waals surface area (Å²) in [6.07, 6.45) is -9.20. The molecule has 35 heavy (non-hydrogen) atoms. The summed E-state index contributed by atoms with van der Waals surface area (Å²) in [5.41, 5.74) is 0.295. The van der Waals surface area contributed by atoms with Gasteiger partial charge in [0.25, 0.3) is 0 Å². The lowest BCUT2D eigenvalue weighted by atomic mass is 10.1. The van der Waals surface area contributed by atoms with E-state index in [-0.39, 0.29) is 17.0 Å². The molecular weight excluding hydrogens is 520 g/mol. The third-order valence-corrected chi connectivity index (χ3v) is 8.22. The van der Waals surface area contributed by atoms with Crippen LogP contribution < -0.4 is 5.32 Å². The van der Waals surface area contributed by atoms with Gasteiger partial charge in [-0.05, 0) is 0 Å². The maximum atomic E-state index is 12.2. The molecule has 0 amide bonds. The Morgan fingerprint density at radius 3 is 2.20 bits per heavy atom. The average Bonchev–Trinajstić information content (AvgIpc) is 3.41. The molecule has 8 bridgehead atoms. The molecule has 2 aromatic rings. The quantitative estimate of drug-likeness (QED) is 0.171. The van der Waals surface area contributed by atoms with Crippen LogP contribution in [0.15, 0.2) is 12.7 Å². The van der Waals surface area contributed by atoms with E-state index in [4.69, 9.17) is 9.47 Å². The van der Waals surface area contributed by atoms with E-state index in [1.807, 2.05) is 0 Å². The van der Waals surface area contributed by atoms with Crippen molar-refractivity contribution in [3.05, 3.63) is 12.7 Å². The minimum atomic E-state index is -5.24. The van der Waals surface area contributed by atoms with E-state index in [2.05, 4.69) is 33.6 Å². The van der Waals surface area contributed by atoms with Crippen molar-refractivity contribution in [2.24, 2.45) is 0 Å². The number of nitrogens with one attached hydrogen (secondary N) is 1. The van der Waals surface area contributed by atoms with Gasteiger partial charge in [0.1, 0.15) is 43.0 Å². The summed E-state index contributed by atoms with van der Waals surface area (Å²) in [4.78, 5) is 32.0. The first-order valence-corrected chi connectivity index (χ1v) is 13.1. The van der Waals surface area contributed by atoms with Crippen LogP contribution in [0.1, 0.15) is 6.23 Å². The van der Waals surface area contributed by atoms with Gasteiger partial charge in [-0.3, -0.25) is 13.6 Å². The number of aromatic nitrogens is 4. The first kappa shape index (κ1) is 25.0. The third-order valence-electron chi connectivity index (χ3n) is 5.62. The van der Waals surface area contributed by atoms with E-state index in [0.29, 0.717) is 0 Å². The van der Waals surface area contributed by atoms with Crippen molar-refractivity contribution < 1.29 is 62.2 Å². The number of aliphatic hydroxyl groups excluding tert-OH is 4. The van der Waals surface area contributed by atoms with Crippen molar-refractivity contribution in [2.45, 2.75) is 49.1 Å². The molecule has 0 saturated carbocycles. The van der Waals surface area contributed by atoms with Crippen LogP contribution in [0.2, 0.25) is 0 Å². The van der Waals surface area contributed by atoms with Crippen LogP contribution in [-0.4, -0.2) is 106 Å². The second-order valence-electron chi connectivity index (χ2n) is 7.92. The SMILES string of the molecule is O=P1(O)OCC2OC(Nc3ncnc4c3ncn4C3OC(COP(=O)(O)O1)C(O)C3O)C(O)C2O. The number of aliphatic hydroxyl groups is 4. The lowest BCUT2D eigenvalue weighted by Gasteiger charge is -2.21. The zero-order valence-corrected chi connectivity index (χ0v) is 19.2. The van der Waals surface area contributed by atoms with E-state index in [0.717, 1.165) is 6.33 Å². The molecule has 3 aliphatic heterocycles. The molecule has 5 heterocycles. The van der Waals surface area contributed by atoms with Gasteiger partial charge in [0.2, 0.25) is 0 Å². The molecule has 3 aliphatic rings. The highest BCUT2D eigenvalue weighted by atomic mass is 31.3. The maximum Gasteiger partial charge on any atom is 0.481 e. The zero-order valence-electron chi connectivity index (χ0n) is 17.4. The topological polar surface area (TPSA) is 257 Å². The Morgan fingerprint density at radius 1 is 0.886 bits per heavy atom. The van der Waals surface area contributed by atoms with Crippen LogP contribution >= 0.6 is 15.6 Å². The van der Waals surface area contributed by atoms with Crippen LogP contribution in [0.3, 0.4) is 0 Å². The summed E-state index contributed by atoms with van der Waals surface area (Å²) < 4.78 is 50.1. The van der Waals surface area contributed by atoms with Gasteiger partial charge >= 0.3 is 15.6 Å². The van der Waals surface area contributed by atoms with E-state index in [1.54, 1.807) is 0 Å². The number of imidazole rings is 1. The Balaban J connectivity index is 1.52. The van der Waals surface area contributed by atoms with E-state index in [9.17, 15) is 39.3 Å². The van der Waals surface area contributed by atoms with Crippen LogP contribution in [-0.2, 0) is 32.0 Å². The molecule has 7 N–H and O–H groups in total. The predicted octanol–water partition coefficient (Wildman–Crippen LogP) is -2.43. The first-order valence-electron chi connectivity index (χ1n) is 10.1. The van der Waals surface area contributed by atoms with Crippen molar-refractivity contribution in [3.8, 4) is 0 Å². The minimum Gasteiger partial charge on any atom is -0.387 e. The van der Waals surface area contributed by atoms with Crippen molar-refractivity contribution in [1.82, 2.24) is 19.5 Å². The van der Waals surface area contributed by atoms with E-state index in [1.165, 1.54) is 10.9 Å². The molecule has 20 heteroatoms. The molecule has 10 unspecified atom stereocenters. The maximum absolute atomic E-state index is 12.2. The highest BCUT2D eigenvalue weighted by molar-refractivity contribution is 7.61. The molecule has 18 nitrogen and oxygen atoms in total. The lowest BCUT2D eigenvalue weighted by molar-refractivity contribution is -0.0507. The van der Waals surface area contributed by atoms with Gasteiger partial charge in [-0.25, -0.2) is 24.1 Å². The van der Waals surface area contributed by atoms with Crippen LogP contribution in [0, 0.1) is 0 Å². The van der Waals surface area contributed by atoms with Crippen LogP contribution in [0.4, 0.5) is 5.82 Å². The zero-order chi connectivity index (χ0) is 25.1. The molecule has 2 fully saturated rings. The standard InChI is InChI=1S/C15H21N5O13P2/c21-8-5-1-29-34(25,26)33-35(27,28)30-2-6-9(22)11(24)15(32-6)20-4-18-7-12(16-3-17-13(7)20)19-14(31-5)10(8)23/h3-6,8-11,14-15,21-24H,1-2H2,(H,25,26)(H,27,28)(H,16,17,19). The Morgan fingerprint density at radius 2 is 1.51 bits per heavy atom. The molecule has 2 saturated heterocycles. The van der Waals surface area contributed by atoms with Gasteiger partial charge in [-0.2, -0.15) is 4.31 Å². The molecule has 0 aliphatic carbocycles. The molecule has 10 atom stereocenters. The minimum absolute atomic E-state index is 0.0676. The fourth-order valence-electron chi connectivity index (χ4n) is 3.89. The largest absolute Gasteiger partial charge is 0.481 e. The van der Waals surface area contributed by atoms with Crippen molar-refractivity contribution in [2.75, 3.05) is 18.5 Å². The second kappa shape index (κ2) is 9.04. The number of phosphoric ester groups is 2. The number of hydrogen-bond donors (Lipinski definition) is 7. The molecule has 0 spiro atoms. The Hall–Kier alpha value is -1.63. The Kier molecular flexibility index (Phi) is 6.46. The summed E-state index contributed by atoms with van der Waals surface area (Å²) in [5, 5.41) is 44.2.